The second-order valence-corrected chi connectivity index (χ2v) is 5.11. The average Bonchev–Trinajstić information content (AvgIpc) is 3.15. The number of aromatic nitrogens is 2. The molecule has 1 aromatic heterocycles. The molecule has 0 aliphatic heterocycles. The number of aromatic amines is 1. The average molecular weight is 258 g/mol. The predicted octanol–water partition coefficient (Wildman–Crippen LogP) is 2.16. The van der Waals surface area contributed by atoms with Crippen LogP contribution in [0.2, 0.25) is 0 Å². The Morgan fingerprint density at radius 1 is 1.53 bits per heavy atom. The zero-order chi connectivity index (χ0) is 13.4. The highest BCUT2D eigenvalue weighted by Gasteiger charge is 2.33. The third kappa shape index (κ3) is 2.16. The smallest absolute Gasteiger partial charge is 0.275 e. The normalized spacial score (nSPS) is 14.8. The molecule has 0 spiro atoms. The summed E-state index contributed by atoms with van der Waals surface area (Å²) < 4.78 is 0. The van der Waals surface area contributed by atoms with E-state index in [2.05, 4.69) is 17.1 Å². The molecule has 0 unspecified atom stereocenters. The number of amides is 1. The van der Waals surface area contributed by atoms with Crippen molar-refractivity contribution in [1.82, 2.24) is 15.1 Å². The van der Waals surface area contributed by atoms with E-state index in [4.69, 9.17) is 5.73 Å². The van der Waals surface area contributed by atoms with Crippen LogP contribution in [-0.2, 0) is 0 Å². The minimum atomic E-state index is 0.0150. The zero-order valence-electron chi connectivity index (χ0n) is 11.0. The third-order valence-corrected chi connectivity index (χ3v) is 3.50. The summed E-state index contributed by atoms with van der Waals surface area (Å²) in [5, 5.41) is 7.89. The maximum atomic E-state index is 12.6. The number of hydrogen-bond donors (Lipinski definition) is 2. The van der Waals surface area contributed by atoms with E-state index >= 15 is 0 Å². The fourth-order valence-electron chi connectivity index (χ4n) is 2.41. The molecule has 3 rings (SSSR count). The van der Waals surface area contributed by atoms with E-state index in [-0.39, 0.29) is 5.91 Å². The summed E-state index contributed by atoms with van der Waals surface area (Å²) in [5.41, 5.74) is 7.78. The topological polar surface area (TPSA) is 75.0 Å². The summed E-state index contributed by atoms with van der Waals surface area (Å²) in [5.74, 6) is 0.0150. The molecule has 2 aromatic rings. The van der Waals surface area contributed by atoms with Gasteiger partial charge in [-0.2, -0.15) is 5.10 Å². The first-order valence-electron chi connectivity index (χ1n) is 6.75. The van der Waals surface area contributed by atoms with Crippen molar-refractivity contribution in [1.29, 1.82) is 0 Å². The molecule has 1 fully saturated rings. The molecule has 19 heavy (non-hydrogen) atoms. The van der Waals surface area contributed by atoms with E-state index < -0.39 is 0 Å². The molecule has 0 radical (unpaired) electrons. The van der Waals surface area contributed by atoms with Crippen molar-refractivity contribution in [3.63, 3.8) is 0 Å². The van der Waals surface area contributed by atoms with Gasteiger partial charge < -0.3 is 10.6 Å². The largest absolute Gasteiger partial charge is 0.399 e. The van der Waals surface area contributed by atoms with Gasteiger partial charge in [0.2, 0.25) is 0 Å². The molecule has 0 bridgehead atoms. The predicted molar refractivity (Wildman–Crippen MR) is 74.9 cm³/mol. The fourth-order valence-corrected chi connectivity index (χ4v) is 2.41. The van der Waals surface area contributed by atoms with Crippen molar-refractivity contribution < 1.29 is 4.79 Å². The van der Waals surface area contributed by atoms with Gasteiger partial charge >= 0.3 is 0 Å². The van der Waals surface area contributed by atoms with E-state index in [0.717, 1.165) is 36.7 Å². The van der Waals surface area contributed by atoms with Crippen molar-refractivity contribution in [2.24, 2.45) is 0 Å². The number of nitrogen functional groups attached to an aromatic ring is 1. The molecule has 1 heterocycles. The second-order valence-electron chi connectivity index (χ2n) is 5.11. The van der Waals surface area contributed by atoms with Crippen LogP contribution in [0.4, 0.5) is 5.69 Å². The molecular formula is C14H18N4O. The van der Waals surface area contributed by atoms with Gasteiger partial charge in [-0.15, -0.1) is 0 Å². The van der Waals surface area contributed by atoms with Crippen molar-refractivity contribution >= 4 is 22.5 Å². The molecule has 100 valence electrons. The van der Waals surface area contributed by atoms with Crippen LogP contribution in [0, 0.1) is 0 Å². The van der Waals surface area contributed by atoms with Gasteiger partial charge in [0.05, 0.1) is 5.52 Å². The van der Waals surface area contributed by atoms with Gasteiger partial charge in [0.15, 0.2) is 5.69 Å². The molecule has 1 aliphatic carbocycles. The summed E-state index contributed by atoms with van der Waals surface area (Å²) in [6, 6.07) is 5.87. The highest BCUT2D eigenvalue weighted by molar-refractivity contribution is 6.05. The highest BCUT2D eigenvalue weighted by atomic mass is 16.2. The van der Waals surface area contributed by atoms with Gasteiger partial charge in [0.25, 0.3) is 5.91 Å². The van der Waals surface area contributed by atoms with Gasteiger partial charge in [-0.25, -0.2) is 0 Å². The van der Waals surface area contributed by atoms with Gasteiger partial charge in [0, 0.05) is 23.7 Å². The number of fused-ring (bicyclic) bond motifs is 1. The lowest BCUT2D eigenvalue weighted by Crippen LogP contribution is -2.34. The lowest BCUT2D eigenvalue weighted by Gasteiger charge is -2.20. The van der Waals surface area contributed by atoms with E-state index in [9.17, 15) is 4.79 Å². The molecule has 1 amide bonds. The van der Waals surface area contributed by atoms with Crippen LogP contribution in [0.5, 0.6) is 0 Å². The Morgan fingerprint density at radius 3 is 3.00 bits per heavy atom. The van der Waals surface area contributed by atoms with Crippen molar-refractivity contribution in [2.45, 2.75) is 32.2 Å². The van der Waals surface area contributed by atoms with Crippen LogP contribution in [0.1, 0.15) is 36.7 Å². The molecule has 1 aliphatic rings. The van der Waals surface area contributed by atoms with Gasteiger partial charge in [0.1, 0.15) is 0 Å². The lowest BCUT2D eigenvalue weighted by molar-refractivity contribution is 0.0739. The van der Waals surface area contributed by atoms with E-state index in [1.807, 2.05) is 17.0 Å². The Kier molecular flexibility index (Phi) is 2.89. The molecule has 1 saturated carbocycles. The summed E-state index contributed by atoms with van der Waals surface area (Å²) >= 11 is 0. The van der Waals surface area contributed by atoms with E-state index in [1.165, 1.54) is 0 Å². The molecule has 3 N–H and O–H groups in total. The maximum Gasteiger partial charge on any atom is 0.275 e. The molecule has 0 atom stereocenters. The number of carbonyl (C=O) groups is 1. The second kappa shape index (κ2) is 4.57. The van der Waals surface area contributed by atoms with Crippen molar-refractivity contribution in [3.05, 3.63) is 23.9 Å². The third-order valence-electron chi connectivity index (χ3n) is 3.50. The highest BCUT2D eigenvalue weighted by Crippen LogP contribution is 2.29. The number of nitrogens with one attached hydrogen (secondary N) is 1. The number of H-pyrrole nitrogens is 1. The molecule has 1 aromatic carbocycles. The van der Waals surface area contributed by atoms with Gasteiger partial charge in [-0.3, -0.25) is 9.89 Å². The standard InChI is InChI=1S/C14H18N4O/c1-2-7-18(10-4-5-10)14(19)13-11-8-9(15)3-6-12(11)16-17-13/h3,6,8,10H,2,4-5,7,15H2,1H3,(H,16,17). The maximum absolute atomic E-state index is 12.6. The Labute approximate surface area is 111 Å². The minimum Gasteiger partial charge on any atom is -0.399 e. The monoisotopic (exact) mass is 258 g/mol. The summed E-state index contributed by atoms with van der Waals surface area (Å²) in [6.07, 6.45) is 3.18. The molecule has 5 nitrogen and oxygen atoms in total. The first kappa shape index (κ1) is 12.0. The number of hydrogen-bond acceptors (Lipinski definition) is 3. The van der Waals surface area contributed by atoms with Crippen LogP contribution in [0.25, 0.3) is 10.9 Å². The number of benzene rings is 1. The number of nitrogens with two attached hydrogens (primary N) is 1. The number of rotatable bonds is 4. The van der Waals surface area contributed by atoms with Crippen molar-refractivity contribution in [3.8, 4) is 0 Å². The lowest BCUT2D eigenvalue weighted by atomic mass is 10.1. The Bertz CT molecular complexity index is 615. The quantitative estimate of drug-likeness (QED) is 0.825. The van der Waals surface area contributed by atoms with E-state index in [1.54, 1.807) is 6.07 Å². The molecule has 5 heteroatoms. The Morgan fingerprint density at radius 2 is 2.32 bits per heavy atom. The first-order chi connectivity index (χ1) is 9.20. The van der Waals surface area contributed by atoms with Crippen LogP contribution < -0.4 is 5.73 Å². The minimum absolute atomic E-state index is 0.0150. The van der Waals surface area contributed by atoms with Crippen molar-refractivity contribution in [2.75, 3.05) is 12.3 Å². The summed E-state index contributed by atoms with van der Waals surface area (Å²) in [6.45, 7) is 2.88. The molecular weight excluding hydrogens is 240 g/mol. The van der Waals surface area contributed by atoms with Gasteiger partial charge in [-0.1, -0.05) is 6.92 Å². The fraction of sp³-hybridized carbons (Fsp3) is 0.429. The zero-order valence-corrected chi connectivity index (χ0v) is 11.0. The molecule has 0 saturated heterocycles. The first-order valence-corrected chi connectivity index (χ1v) is 6.75. The van der Waals surface area contributed by atoms with Crippen LogP contribution in [-0.4, -0.2) is 33.6 Å². The SMILES string of the molecule is CCCN(C(=O)c1n[nH]c2ccc(N)cc12)C1CC1. The number of nitrogens with zero attached hydrogens (tertiary/aromatic N) is 2. The van der Waals surface area contributed by atoms with Gasteiger partial charge in [-0.05, 0) is 37.5 Å². The van der Waals surface area contributed by atoms with E-state index in [0.29, 0.717) is 17.4 Å². The Balaban J connectivity index is 1.98. The summed E-state index contributed by atoms with van der Waals surface area (Å²) in [7, 11) is 0. The number of carbonyl (C=O) groups excluding carboxylic acids is 1. The summed E-state index contributed by atoms with van der Waals surface area (Å²) in [4.78, 5) is 14.5. The number of anilines is 1. The Hall–Kier alpha value is -2.04. The van der Waals surface area contributed by atoms with Crippen LogP contribution in [0.15, 0.2) is 18.2 Å². The van der Waals surface area contributed by atoms with Crippen LogP contribution >= 0.6 is 0 Å². The van der Waals surface area contributed by atoms with Crippen LogP contribution in [0.3, 0.4) is 0 Å².